The summed E-state index contributed by atoms with van der Waals surface area (Å²) in [5, 5.41) is 3.44. The smallest absolute Gasteiger partial charge is 0.108 e. The van der Waals surface area contributed by atoms with E-state index in [2.05, 4.69) is 11.4 Å². The molecule has 0 fully saturated rings. The second kappa shape index (κ2) is 4.94. The number of fused-ring (bicyclic) bond motifs is 1. The first-order valence-corrected chi connectivity index (χ1v) is 7.10. The van der Waals surface area contributed by atoms with Crippen molar-refractivity contribution in [1.82, 2.24) is 5.32 Å². The molecule has 84 valence electrons. The van der Waals surface area contributed by atoms with E-state index in [1.54, 1.807) is 12.5 Å². The number of furan rings is 1. The average molecular weight is 227 g/mol. The highest BCUT2D eigenvalue weighted by molar-refractivity contribution is 7.84. The highest BCUT2D eigenvalue weighted by Gasteiger charge is 2.21. The van der Waals surface area contributed by atoms with Gasteiger partial charge in [-0.05, 0) is 18.9 Å². The number of nitrogens with one attached hydrogen (secondary N) is 1. The SMILES string of the molecule is CS(=O)CCNC1CCCc2occc21. The third-order valence-corrected chi connectivity index (χ3v) is 3.61. The Morgan fingerprint density at radius 2 is 2.53 bits per heavy atom. The molecule has 2 atom stereocenters. The molecule has 0 amide bonds. The van der Waals surface area contributed by atoms with Gasteiger partial charge in [-0.2, -0.15) is 0 Å². The molecule has 0 aliphatic heterocycles. The molecule has 0 radical (unpaired) electrons. The summed E-state index contributed by atoms with van der Waals surface area (Å²) in [6.45, 7) is 0.818. The Morgan fingerprint density at radius 1 is 1.67 bits per heavy atom. The zero-order chi connectivity index (χ0) is 10.7. The van der Waals surface area contributed by atoms with Crippen LogP contribution in [0.4, 0.5) is 0 Å². The van der Waals surface area contributed by atoms with Crippen molar-refractivity contribution in [2.24, 2.45) is 0 Å². The van der Waals surface area contributed by atoms with Crippen LogP contribution in [-0.4, -0.2) is 22.8 Å². The van der Waals surface area contributed by atoms with Crippen molar-refractivity contribution in [3.05, 3.63) is 23.7 Å². The Labute approximate surface area is 92.7 Å². The molecule has 1 aliphatic rings. The van der Waals surface area contributed by atoms with Gasteiger partial charge in [0.2, 0.25) is 0 Å². The van der Waals surface area contributed by atoms with E-state index < -0.39 is 10.8 Å². The van der Waals surface area contributed by atoms with Crippen LogP contribution in [-0.2, 0) is 17.2 Å². The Kier molecular flexibility index (Phi) is 3.59. The molecule has 0 aromatic carbocycles. The Bertz CT molecular complexity index is 348. The summed E-state index contributed by atoms with van der Waals surface area (Å²) in [5.74, 6) is 1.85. The van der Waals surface area contributed by atoms with Gasteiger partial charge in [-0.25, -0.2) is 0 Å². The predicted molar refractivity (Wildman–Crippen MR) is 61.3 cm³/mol. The first-order chi connectivity index (χ1) is 7.27. The lowest BCUT2D eigenvalue weighted by Gasteiger charge is -2.22. The molecular weight excluding hydrogens is 210 g/mol. The van der Waals surface area contributed by atoms with Gasteiger partial charge in [-0.3, -0.25) is 4.21 Å². The topological polar surface area (TPSA) is 42.2 Å². The van der Waals surface area contributed by atoms with Gasteiger partial charge in [0.1, 0.15) is 5.76 Å². The van der Waals surface area contributed by atoms with Gasteiger partial charge in [0.25, 0.3) is 0 Å². The molecule has 3 nitrogen and oxygen atoms in total. The summed E-state index contributed by atoms with van der Waals surface area (Å²) in [5.41, 5.74) is 1.29. The van der Waals surface area contributed by atoms with E-state index in [1.807, 2.05) is 0 Å². The lowest BCUT2D eigenvalue weighted by atomic mass is 9.93. The summed E-state index contributed by atoms with van der Waals surface area (Å²) in [6, 6.07) is 2.45. The van der Waals surface area contributed by atoms with E-state index in [9.17, 15) is 4.21 Å². The van der Waals surface area contributed by atoms with Crippen LogP contribution in [0.15, 0.2) is 16.7 Å². The third-order valence-electron chi connectivity index (χ3n) is 2.83. The molecule has 1 aromatic rings. The molecule has 1 heterocycles. The summed E-state index contributed by atoms with van der Waals surface area (Å²) >= 11 is 0. The summed E-state index contributed by atoms with van der Waals surface area (Å²) in [4.78, 5) is 0. The fourth-order valence-electron chi connectivity index (χ4n) is 2.08. The van der Waals surface area contributed by atoms with Gasteiger partial charge in [0.05, 0.1) is 6.26 Å². The Hall–Kier alpha value is -0.610. The fraction of sp³-hybridized carbons (Fsp3) is 0.636. The van der Waals surface area contributed by atoms with E-state index in [0.717, 1.165) is 30.9 Å². The van der Waals surface area contributed by atoms with Crippen molar-refractivity contribution in [3.63, 3.8) is 0 Å². The summed E-state index contributed by atoms with van der Waals surface area (Å²) in [6.07, 6.45) is 6.89. The van der Waals surface area contributed by atoms with Crippen molar-refractivity contribution in [2.75, 3.05) is 18.6 Å². The Morgan fingerprint density at radius 3 is 3.33 bits per heavy atom. The van der Waals surface area contributed by atoms with Crippen LogP contribution in [0.1, 0.15) is 30.2 Å². The van der Waals surface area contributed by atoms with Crippen LogP contribution in [0.5, 0.6) is 0 Å². The van der Waals surface area contributed by atoms with Crippen LogP contribution in [0.2, 0.25) is 0 Å². The van der Waals surface area contributed by atoms with Crippen LogP contribution in [0, 0.1) is 0 Å². The zero-order valence-corrected chi connectivity index (χ0v) is 9.81. The molecule has 0 spiro atoms. The second-order valence-corrected chi connectivity index (χ2v) is 5.53. The molecule has 2 unspecified atom stereocenters. The highest BCUT2D eigenvalue weighted by Crippen LogP contribution is 2.30. The summed E-state index contributed by atoms with van der Waals surface area (Å²) in [7, 11) is -0.704. The lowest BCUT2D eigenvalue weighted by Crippen LogP contribution is -2.27. The minimum atomic E-state index is -0.704. The van der Waals surface area contributed by atoms with Gasteiger partial charge in [-0.1, -0.05) is 0 Å². The fourth-order valence-corrected chi connectivity index (χ4v) is 2.48. The summed E-state index contributed by atoms with van der Waals surface area (Å²) < 4.78 is 16.3. The molecule has 2 rings (SSSR count). The van der Waals surface area contributed by atoms with Crippen molar-refractivity contribution in [1.29, 1.82) is 0 Å². The average Bonchev–Trinajstić information content (AvgIpc) is 2.65. The van der Waals surface area contributed by atoms with Gasteiger partial charge < -0.3 is 9.73 Å². The maximum absolute atomic E-state index is 10.9. The van der Waals surface area contributed by atoms with Crippen LogP contribution < -0.4 is 5.32 Å². The number of hydrogen-bond donors (Lipinski definition) is 1. The first kappa shape index (κ1) is 10.9. The number of hydrogen-bond acceptors (Lipinski definition) is 3. The van der Waals surface area contributed by atoms with Crippen molar-refractivity contribution < 1.29 is 8.63 Å². The molecule has 0 bridgehead atoms. The van der Waals surface area contributed by atoms with Crippen LogP contribution in [0.3, 0.4) is 0 Å². The van der Waals surface area contributed by atoms with E-state index in [4.69, 9.17) is 4.42 Å². The van der Waals surface area contributed by atoms with Gasteiger partial charge in [0, 0.05) is 47.4 Å². The minimum absolute atomic E-state index is 0.399. The maximum Gasteiger partial charge on any atom is 0.108 e. The molecular formula is C11H17NO2S. The van der Waals surface area contributed by atoms with Gasteiger partial charge in [-0.15, -0.1) is 0 Å². The predicted octanol–water partition coefficient (Wildman–Crippen LogP) is 1.63. The zero-order valence-electron chi connectivity index (χ0n) is 8.99. The van der Waals surface area contributed by atoms with Gasteiger partial charge >= 0.3 is 0 Å². The molecule has 1 N–H and O–H groups in total. The number of rotatable bonds is 4. The normalized spacial score (nSPS) is 22.3. The van der Waals surface area contributed by atoms with Crippen molar-refractivity contribution >= 4 is 10.8 Å². The van der Waals surface area contributed by atoms with Crippen LogP contribution >= 0.6 is 0 Å². The largest absolute Gasteiger partial charge is 0.469 e. The minimum Gasteiger partial charge on any atom is -0.469 e. The molecule has 0 saturated carbocycles. The van der Waals surface area contributed by atoms with Crippen LogP contribution in [0.25, 0.3) is 0 Å². The molecule has 1 aromatic heterocycles. The van der Waals surface area contributed by atoms with E-state index in [0.29, 0.717) is 6.04 Å². The maximum atomic E-state index is 10.9. The Balaban J connectivity index is 1.92. The van der Waals surface area contributed by atoms with E-state index in [-0.39, 0.29) is 0 Å². The number of aryl methyl sites for hydroxylation is 1. The quantitative estimate of drug-likeness (QED) is 0.850. The highest BCUT2D eigenvalue weighted by atomic mass is 32.2. The monoisotopic (exact) mass is 227 g/mol. The molecule has 0 saturated heterocycles. The lowest BCUT2D eigenvalue weighted by molar-refractivity contribution is 0.418. The van der Waals surface area contributed by atoms with Crippen molar-refractivity contribution in [3.8, 4) is 0 Å². The standard InChI is InChI=1S/C11H17NO2S/c1-15(13)8-6-12-10-3-2-4-11-9(10)5-7-14-11/h5,7,10,12H,2-4,6,8H2,1H3. The molecule has 15 heavy (non-hydrogen) atoms. The second-order valence-electron chi connectivity index (χ2n) is 3.98. The third kappa shape index (κ3) is 2.69. The van der Waals surface area contributed by atoms with Gasteiger partial charge in [0.15, 0.2) is 0 Å². The first-order valence-electron chi connectivity index (χ1n) is 5.37. The van der Waals surface area contributed by atoms with E-state index in [1.165, 1.54) is 12.0 Å². The van der Waals surface area contributed by atoms with Crippen molar-refractivity contribution in [2.45, 2.75) is 25.3 Å². The molecule has 4 heteroatoms. The molecule has 1 aliphatic carbocycles. The van der Waals surface area contributed by atoms with E-state index >= 15 is 0 Å².